The van der Waals surface area contributed by atoms with E-state index in [4.69, 9.17) is 0 Å². The van der Waals surface area contributed by atoms with Crippen molar-refractivity contribution in [2.45, 2.75) is 52.0 Å². The molecule has 2 amide bonds. The van der Waals surface area contributed by atoms with Crippen LogP contribution in [0.25, 0.3) is 0 Å². The Morgan fingerprint density at radius 2 is 2.05 bits per heavy atom. The van der Waals surface area contributed by atoms with Crippen molar-refractivity contribution in [3.8, 4) is 0 Å². The molecule has 0 aromatic rings. The highest BCUT2D eigenvalue weighted by atomic mass is 16.2. The Bertz CT molecular complexity index is 359. The van der Waals surface area contributed by atoms with Crippen molar-refractivity contribution in [2.24, 2.45) is 5.41 Å². The summed E-state index contributed by atoms with van der Waals surface area (Å²) in [5, 5.41) is 6.28. The molecule has 0 radical (unpaired) electrons. The minimum absolute atomic E-state index is 0.00515. The molecular formula is C15H27N3O2. The zero-order chi connectivity index (χ0) is 14.6. The number of hydrogen-bond acceptors (Lipinski definition) is 3. The maximum absolute atomic E-state index is 12.9. The van der Waals surface area contributed by atoms with Crippen LogP contribution >= 0.6 is 0 Å². The van der Waals surface area contributed by atoms with Crippen LogP contribution in [0.3, 0.4) is 0 Å². The van der Waals surface area contributed by atoms with Crippen molar-refractivity contribution in [1.82, 2.24) is 15.5 Å². The molecule has 0 aromatic carbocycles. The van der Waals surface area contributed by atoms with Crippen LogP contribution in [0, 0.1) is 5.41 Å². The number of nitrogens with zero attached hydrogens (tertiary/aromatic N) is 1. The molecule has 2 aliphatic heterocycles. The van der Waals surface area contributed by atoms with Crippen LogP contribution in [0.4, 0.5) is 0 Å². The topological polar surface area (TPSA) is 61.4 Å². The molecule has 0 aromatic heterocycles. The molecule has 5 nitrogen and oxygen atoms in total. The molecule has 114 valence electrons. The largest absolute Gasteiger partial charge is 0.352 e. The lowest BCUT2D eigenvalue weighted by Crippen LogP contribution is -2.49. The monoisotopic (exact) mass is 281 g/mol. The van der Waals surface area contributed by atoms with Gasteiger partial charge in [-0.05, 0) is 38.8 Å². The number of likely N-dealkylation sites (tertiary alicyclic amines) is 1. The van der Waals surface area contributed by atoms with E-state index >= 15 is 0 Å². The standard InChI is InChI=1S/C15H27N3O2/c1-3-5-15(6-8-16-9-7-15)14(20)18-10-4-13(11-18)17-12(2)19/h13,16H,3-11H2,1-2H3,(H,17,19). The smallest absolute Gasteiger partial charge is 0.228 e. The Balaban J connectivity index is 2.00. The van der Waals surface area contributed by atoms with Crippen LogP contribution in [0.5, 0.6) is 0 Å². The second kappa shape index (κ2) is 6.57. The van der Waals surface area contributed by atoms with Gasteiger partial charge in [0.25, 0.3) is 0 Å². The maximum Gasteiger partial charge on any atom is 0.228 e. The van der Waals surface area contributed by atoms with Crippen LogP contribution in [0.15, 0.2) is 0 Å². The summed E-state index contributed by atoms with van der Waals surface area (Å²) in [5.41, 5.74) is -0.162. The Labute approximate surface area is 121 Å². The van der Waals surface area contributed by atoms with Gasteiger partial charge in [-0.2, -0.15) is 0 Å². The number of hydrogen-bond donors (Lipinski definition) is 2. The van der Waals surface area contributed by atoms with Gasteiger partial charge in [0.05, 0.1) is 5.41 Å². The Hall–Kier alpha value is -1.10. The highest BCUT2D eigenvalue weighted by molar-refractivity contribution is 5.83. The molecule has 2 saturated heterocycles. The van der Waals surface area contributed by atoms with E-state index in [-0.39, 0.29) is 17.4 Å². The Morgan fingerprint density at radius 1 is 1.35 bits per heavy atom. The van der Waals surface area contributed by atoms with E-state index in [0.29, 0.717) is 12.5 Å². The summed E-state index contributed by atoms with van der Waals surface area (Å²) in [6, 6.07) is 0.136. The van der Waals surface area contributed by atoms with Gasteiger partial charge in [0.2, 0.25) is 11.8 Å². The molecule has 0 saturated carbocycles. The highest BCUT2D eigenvalue weighted by Gasteiger charge is 2.42. The van der Waals surface area contributed by atoms with Crippen LogP contribution in [-0.4, -0.2) is 48.9 Å². The average Bonchev–Trinajstić information content (AvgIpc) is 2.87. The predicted molar refractivity (Wildman–Crippen MR) is 78.2 cm³/mol. The Kier molecular flexibility index (Phi) is 5.02. The summed E-state index contributed by atoms with van der Waals surface area (Å²) in [7, 11) is 0. The number of nitrogens with one attached hydrogen (secondary N) is 2. The van der Waals surface area contributed by atoms with Crippen LogP contribution < -0.4 is 10.6 Å². The van der Waals surface area contributed by atoms with E-state index in [0.717, 1.165) is 51.7 Å². The van der Waals surface area contributed by atoms with Crippen molar-refractivity contribution in [1.29, 1.82) is 0 Å². The normalized spacial score (nSPS) is 25.5. The number of carbonyl (C=O) groups is 2. The van der Waals surface area contributed by atoms with Crippen LogP contribution in [0.1, 0.15) is 46.0 Å². The summed E-state index contributed by atoms with van der Waals surface area (Å²) in [5.74, 6) is 0.308. The first kappa shape index (κ1) is 15.3. The van der Waals surface area contributed by atoms with Gasteiger partial charge in [-0.3, -0.25) is 9.59 Å². The molecule has 0 bridgehead atoms. The average molecular weight is 281 g/mol. The molecule has 2 heterocycles. The summed E-state index contributed by atoms with van der Waals surface area (Å²) in [4.78, 5) is 26.0. The summed E-state index contributed by atoms with van der Waals surface area (Å²) >= 11 is 0. The lowest BCUT2D eigenvalue weighted by atomic mass is 9.74. The molecule has 1 unspecified atom stereocenters. The minimum atomic E-state index is -0.162. The number of carbonyl (C=O) groups excluding carboxylic acids is 2. The fraction of sp³-hybridized carbons (Fsp3) is 0.867. The fourth-order valence-electron chi connectivity index (χ4n) is 3.64. The van der Waals surface area contributed by atoms with Crippen molar-refractivity contribution in [2.75, 3.05) is 26.2 Å². The molecule has 2 rings (SSSR count). The van der Waals surface area contributed by atoms with Crippen molar-refractivity contribution in [3.63, 3.8) is 0 Å². The summed E-state index contributed by atoms with van der Waals surface area (Å²) < 4.78 is 0. The van der Waals surface area contributed by atoms with E-state index in [2.05, 4.69) is 17.6 Å². The van der Waals surface area contributed by atoms with Crippen molar-refractivity contribution < 1.29 is 9.59 Å². The second-order valence-corrected chi connectivity index (χ2v) is 6.22. The predicted octanol–water partition coefficient (Wildman–Crippen LogP) is 0.893. The van der Waals surface area contributed by atoms with Gasteiger partial charge in [0, 0.05) is 26.1 Å². The Morgan fingerprint density at radius 3 is 2.65 bits per heavy atom. The first-order valence-electron chi connectivity index (χ1n) is 7.84. The molecule has 5 heteroatoms. The number of amides is 2. The molecule has 20 heavy (non-hydrogen) atoms. The van der Waals surface area contributed by atoms with Gasteiger partial charge in [-0.1, -0.05) is 13.3 Å². The van der Waals surface area contributed by atoms with E-state index in [9.17, 15) is 9.59 Å². The second-order valence-electron chi connectivity index (χ2n) is 6.22. The first-order valence-corrected chi connectivity index (χ1v) is 7.84. The molecule has 1 atom stereocenters. The summed E-state index contributed by atoms with van der Waals surface area (Å²) in [6.07, 6.45) is 4.80. The van der Waals surface area contributed by atoms with Gasteiger partial charge < -0.3 is 15.5 Å². The maximum atomic E-state index is 12.9. The number of piperidine rings is 1. The zero-order valence-electron chi connectivity index (χ0n) is 12.7. The molecule has 2 aliphatic rings. The SMILES string of the molecule is CCCC1(C(=O)N2CCC(NC(C)=O)C2)CCNCC1. The summed E-state index contributed by atoms with van der Waals surface area (Å²) in [6.45, 7) is 7.03. The molecule has 2 N–H and O–H groups in total. The number of rotatable bonds is 4. The lowest BCUT2D eigenvalue weighted by Gasteiger charge is -2.39. The van der Waals surface area contributed by atoms with Crippen LogP contribution in [0.2, 0.25) is 0 Å². The third-order valence-electron chi connectivity index (χ3n) is 4.63. The van der Waals surface area contributed by atoms with Crippen LogP contribution in [-0.2, 0) is 9.59 Å². The third-order valence-corrected chi connectivity index (χ3v) is 4.63. The van der Waals surface area contributed by atoms with Gasteiger partial charge in [-0.25, -0.2) is 0 Å². The van der Waals surface area contributed by atoms with Crippen molar-refractivity contribution in [3.05, 3.63) is 0 Å². The first-order chi connectivity index (χ1) is 9.57. The van der Waals surface area contributed by atoms with Crippen molar-refractivity contribution >= 4 is 11.8 Å². The minimum Gasteiger partial charge on any atom is -0.352 e. The van der Waals surface area contributed by atoms with Gasteiger partial charge in [-0.15, -0.1) is 0 Å². The van der Waals surface area contributed by atoms with E-state index < -0.39 is 0 Å². The zero-order valence-corrected chi connectivity index (χ0v) is 12.7. The lowest BCUT2D eigenvalue weighted by molar-refractivity contribution is -0.143. The molecule has 0 aliphatic carbocycles. The molecule has 2 fully saturated rings. The van der Waals surface area contributed by atoms with E-state index in [1.807, 2.05) is 4.90 Å². The van der Waals surface area contributed by atoms with Gasteiger partial charge in [0.15, 0.2) is 0 Å². The van der Waals surface area contributed by atoms with Gasteiger partial charge in [0.1, 0.15) is 0 Å². The molecule has 0 spiro atoms. The van der Waals surface area contributed by atoms with Gasteiger partial charge >= 0.3 is 0 Å². The quantitative estimate of drug-likeness (QED) is 0.804. The molecular weight excluding hydrogens is 254 g/mol. The third kappa shape index (κ3) is 3.32. The highest BCUT2D eigenvalue weighted by Crippen LogP contribution is 2.37. The van der Waals surface area contributed by atoms with E-state index in [1.165, 1.54) is 6.92 Å². The fourth-order valence-corrected chi connectivity index (χ4v) is 3.64. The van der Waals surface area contributed by atoms with E-state index in [1.54, 1.807) is 0 Å².